The van der Waals surface area contributed by atoms with E-state index in [1.54, 1.807) is 19.1 Å². The number of pyridine rings is 1. The zero-order valence-corrected chi connectivity index (χ0v) is 19.8. The molecule has 0 radical (unpaired) electrons. The molecule has 0 fully saturated rings. The summed E-state index contributed by atoms with van der Waals surface area (Å²) in [5, 5.41) is 4.06. The molecular weight excluding hydrogens is 464 g/mol. The number of para-hydroxylation sites is 1. The third-order valence-electron chi connectivity index (χ3n) is 6.23. The molecule has 1 aliphatic heterocycles. The number of fused-ring (bicyclic) bond motifs is 3. The van der Waals surface area contributed by atoms with Crippen LogP contribution in [-0.2, 0) is 6.42 Å². The van der Waals surface area contributed by atoms with Crippen molar-refractivity contribution in [3.8, 4) is 11.6 Å². The molecule has 0 bridgehead atoms. The molecule has 0 saturated heterocycles. The predicted molar refractivity (Wildman–Crippen MR) is 126 cm³/mol. The third-order valence-corrected chi connectivity index (χ3v) is 6.23. The number of H-pyrrole nitrogens is 1. The molecule has 6 nitrogen and oxygen atoms in total. The smallest absolute Gasteiger partial charge is 0.401 e. The fourth-order valence-corrected chi connectivity index (χ4v) is 4.69. The molecule has 2 aromatic heterocycles. The third kappa shape index (κ3) is 5.70. The average Bonchev–Trinajstić information content (AvgIpc) is 3.19. The van der Waals surface area contributed by atoms with Crippen LogP contribution in [0, 0.1) is 0 Å². The molecule has 2 N–H and O–H groups in total. The molecule has 0 aliphatic carbocycles. The Hall–Kier alpha value is -2.85. The number of halogens is 4. The predicted octanol–water partition coefficient (Wildman–Crippen LogP) is 4.80. The van der Waals surface area contributed by atoms with Gasteiger partial charge in [-0.1, -0.05) is 18.2 Å². The lowest BCUT2D eigenvalue weighted by Gasteiger charge is -2.41. The number of hydrogen-bond acceptors (Lipinski definition) is 5. The van der Waals surface area contributed by atoms with Gasteiger partial charge in [0.15, 0.2) is 0 Å². The van der Waals surface area contributed by atoms with Gasteiger partial charge in [-0.25, -0.2) is 4.98 Å². The van der Waals surface area contributed by atoms with Crippen LogP contribution in [0.4, 0.5) is 17.6 Å². The minimum absolute atomic E-state index is 0.288. The molecule has 1 unspecified atom stereocenters. The van der Waals surface area contributed by atoms with Crippen molar-refractivity contribution in [1.82, 2.24) is 20.2 Å². The zero-order valence-electron chi connectivity index (χ0n) is 19.8. The van der Waals surface area contributed by atoms with E-state index < -0.39 is 18.8 Å². The maximum atomic E-state index is 13.7. The number of nitrogens with one attached hydrogen (secondary N) is 2. The molecule has 0 spiro atoms. The van der Waals surface area contributed by atoms with Crippen molar-refractivity contribution >= 4 is 10.9 Å². The van der Waals surface area contributed by atoms with Gasteiger partial charge in [-0.2, -0.15) is 13.2 Å². The molecule has 4 rings (SSSR count). The van der Waals surface area contributed by atoms with Gasteiger partial charge in [0.05, 0.1) is 26.4 Å². The molecular formula is C25H30F4N4O2. The van der Waals surface area contributed by atoms with Gasteiger partial charge < -0.3 is 19.8 Å². The minimum Gasteiger partial charge on any atom is -0.495 e. The van der Waals surface area contributed by atoms with Gasteiger partial charge in [0.25, 0.3) is 0 Å². The summed E-state index contributed by atoms with van der Waals surface area (Å²) in [5.41, 5.74) is 2.90. The van der Waals surface area contributed by atoms with Crippen LogP contribution in [-0.4, -0.2) is 67.1 Å². The Balaban J connectivity index is 1.72. The SMILES string of the molecule is COc1ccc(OCCNCCCF)nc1C1c2[nH]c3ccccc3c2C[C@@H](C)N1CC(F)(F)F. The summed E-state index contributed by atoms with van der Waals surface area (Å²) in [4.78, 5) is 9.40. The maximum Gasteiger partial charge on any atom is 0.401 e. The highest BCUT2D eigenvalue weighted by Crippen LogP contribution is 2.44. The fourth-order valence-electron chi connectivity index (χ4n) is 4.69. The second-order valence-electron chi connectivity index (χ2n) is 8.68. The van der Waals surface area contributed by atoms with Crippen LogP contribution in [0.5, 0.6) is 11.6 Å². The lowest BCUT2D eigenvalue weighted by atomic mass is 9.90. The lowest BCUT2D eigenvalue weighted by molar-refractivity contribution is -0.155. The van der Waals surface area contributed by atoms with Crippen molar-refractivity contribution in [2.45, 2.75) is 38.0 Å². The first-order valence-corrected chi connectivity index (χ1v) is 11.7. The van der Waals surface area contributed by atoms with Gasteiger partial charge in [0, 0.05) is 35.2 Å². The largest absolute Gasteiger partial charge is 0.495 e. The van der Waals surface area contributed by atoms with Crippen LogP contribution in [0.25, 0.3) is 10.9 Å². The molecule has 3 heterocycles. The van der Waals surface area contributed by atoms with E-state index >= 15 is 0 Å². The summed E-state index contributed by atoms with van der Waals surface area (Å²) in [6.07, 6.45) is -3.48. The van der Waals surface area contributed by atoms with Crippen LogP contribution in [0.15, 0.2) is 36.4 Å². The van der Waals surface area contributed by atoms with Gasteiger partial charge >= 0.3 is 6.18 Å². The molecule has 0 saturated carbocycles. The van der Waals surface area contributed by atoms with E-state index in [0.717, 1.165) is 16.5 Å². The summed E-state index contributed by atoms with van der Waals surface area (Å²) < 4.78 is 64.6. The normalized spacial score (nSPS) is 18.6. The Morgan fingerprint density at radius 1 is 1.17 bits per heavy atom. The first-order chi connectivity index (χ1) is 16.8. The first kappa shape index (κ1) is 25.2. The van der Waals surface area contributed by atoms with E-state index in [9.17, 15) is 17.6 Å². The van der Waals surface area contributed by atoms with E-state index in [0.29, 0.717) is 43.1 Å². The standard InChI is InChI=1S/C25H30F4N4O2/c1-16-14-18-17-6-3-4-7-19(17)31-22(18)24(33(16)15-25(27,28)29)23-20(34-2)8-9-21(32-23)35-13-12-30-11-5-10-26/h3-4,6-9,16,24,30-31H,5,10-15H2,1-2H3/t16-,24?/m1/s1. The van der Waals surface area contributed by atoms with Crippen molar-refractivity contribution in [1.29, 1.82) is 0 Å². The maximum absolute atomic E-state index is 13.7. The van der Waals surface area contributed by atoms with Gasteiger partial charge in [0.1, 0.15) is 18.1 Å². The number of rotatable bonds is 10. The second-order valence-corrected chi connectivity index (χ2v) is 8.68. The van der Waals surface area contributed by atoms with Crippen LogP contribution in [0.1, 0.15) is 36.3 Å². The van der Waals surface area contributed by atoms with Crippen molar-refractivity contribution < 1.29 is 27.0 Å². The highest BCUT2D eigenvalue weighted by atomic mass is 19.4. The van der Waals surface area contributed by atoms with E-state index in [1.807, 2.05) is 24.3 Å². The van der Waals surface area contributed by atoms with E-state index in [-0.39, 0.29) is 25.2 Å². The number of methoxy groups -OCH3 is 1. The number of hydrogen-bond donors (Lipinski definition) is 2. The molecule has 35 heavy (non-hydrogen) atoms. The van der Waals surface area contributed by atoms with Gasteiger partial charge in [-0.15, -0.1) is 0 Å². The van der Waals surface area contributed by atoms with E-state index in [1.165, 1.54) is 12.0 Å². The number of aromatic amines is 1. The molecule has 2 atom stereocenters. The first-order valence-electron chi connectivity index (χ1n) is 11.7. The highest BCUT2D eigenvalue weighted by molar-refractivity contribution is 5.85. The van der Waals surface area contributed by atoms with Crippen molar-refractivity contribution in [3.63, 3.8) is 0 Å². The zero-order chi connectivity index (χ0) is 25.0. The second kappa shape index (κ2) is 10.8. The summed E-state index contributed by atoms with van der Waals surface area (Å²) in [5.74, 6) is 0.672. The quantitative estimate of drug-likeness (QED) is 0.313. The van der Waals surface area contributed by atoms with Gasteiger partial charge in [0.2, 0.25) is 5.88 Å². The fraction of sp³-hybridized carbons (Fsp3) is 0.480. The minimum atomic E-state index is -4.39. The number of aromatic nitrogens is 2. The monoisotopic (exact) mass is 494 g/mol. The van der Waals surface area contributed by atoms with Crippen LogP contribution in [0.3, 0.4) is 0 Å². The Bertz CT molecular complexity index is 1130. The lowest BCUT2D eigenvalue weighted by Crippen LogP contribution is -2.47. The summed E-state index contributed by atoms with van der Waals surface area (Å²) >= 11 is 0. The Morgan fingerprint density at radius 2 is 1.97 bits per heavy atom. The molecule has 1 aliphatic rings. The molecule has 3 aromatic rings. The number of alkyl halides is 4. The molecule has 1 aromatic carbocycles. The Morgan fingerprint density at radius 3 is 2.71 bits per heavy atom. The van der Waals surface area contributed by atoms with Crippen LogP contribution < -0.4 is 14.8 Å². The van der Waals surface area contributed by atoms with Gasteiger partial charge in [-0.3, -0.25) is 9.29 Å². The van der Waals surface area contributed by atoms with Crippen LogP contribution in [0.2, 0.25) is 0 Å². The average molecular weight is 495 g/mol. The van der Waals surface area contributed by atoms with E-state index in [2.05, 4.69) is 15.3 Å². The Labute approximate surface area is 201 Å². The summed E-state index contributed by atoms with van der Waals surface area (Å²) in [7, 11) is 1.47. The van der Waals surface area contributed by atoms with Gasteiger partial charge in [-0.05, 0) is 44.0 Å². The topological polar surface area (TPSA) is 62.4 Å². The highest BCUT2D eigenvalue weighted by Gasteiger charge is 2.43. The number of benzene rings is 1. The summed E-state index contributed by atoms with van der Waals surface area (Å²) in [6, 6.07) is 9.83. The number of ether oxygens (including phenoxy) is 2. The van der Waals surface area contributed by atoms with Crippen molar-refractivity contribution in [3.05, 3.63) is 53.3 Å². The van der Waals surface area contributed by atoms with E-state index in [4.69, 9.17) is 9.47 Å². The molecule has 190 valence electrons. The number of nitrogens with zero attached hydrogens (tertiary/aromatic N) is 2. The molecule has 10 heteroatoms. The van der Waals surface area contributed by atoms with Crippen LogP contribution >= 0.6 is 0 Å². The van der Waals surface area contributed by atoms with Crippen molar-refractivity contribution in [2.75, 3.05) is 40.0 Å². The Kier molecular flexibility index (Phi) is 7.81. The van der Waals surface area contributed by atoms with Crippen molar-refractivity contribution in [2.24, 2.45) is 0 Å². The molecule has 0 amide bonds. The summed E-state index contributed by atoms with van der Waals surface area (Å²) in [6.45, 7) is 1.66.